The Kier molecular flexibility index (Phi) is 6.82. The van der Waals surface area contributed by atoms with Crippen LogP contribution in [0, 0.1) is 6.92 Å². The Balaban J connectivity index is 1.50. The van der Waals surface area contributed by atoms with Gasteiger partial charge in [-0.05, 0) is 45.2 Å². The number of sulfone groups is 1. The third-order valence-corrected chi connectivity index (χ3v) is 7.72. The minimum absolute atomic E-state index is 0.0213. The number of likely N-dealkylation sites (tertiary alicyclic amines) is 1. The van der Waals surface area contributed by atoms with E-state index in [1.807, 2.05) is 11.8 Å². The van der Waals surface area contributed by atoms with E-state index in [4.69, 9.17) is 0 Å². The molecule has 29 heavy (non-hydrogen) atoms. The van der Waals surface area contributed by atoms with E-state index in [9.17, 15) is 18.0 Å². The Hall–Kier alpha value is -2.09. The minimum atomic E-state index is -3.50. The van der Waals surface area contributed by atoms with Gasteiger partial charge in [0.1, 0.15) is 6.04 Å². The second-order valence-electron chi connectivity index (χ2n) is 8.28. The lowest BCUT2D eigenvalue weighted by Crippen LogP contribution is -2.50. The van der Waals surface area contributed by atoms with E-state index in [2.05, 4.69) is 10.6 Å². The molecule has 160 valence electrons. The molecule has 2 fully saturated rings. The highest BCUT2D eigenvalue weighted by Crippen LogP contribution is 2.26. The van der Waals surface area contributed by atoms with Crippen LogP contribution in [0.3, 0.4) is 0 Å². The van der Waals surface area contributed by atoms with E-state index in [-0.39, 0.29) is 16.6 Å². The first kappa shape index (κ1) is 21.6. The van der Waals surface area contributed by atoms with Crippen molar-refractivity contribution in [2.45, 2.75) is 75.4 Å². The Bertz CT molecular complexity index is 832. The Morgan fingerprint density at radius 1 is 1.14 bits per heavy atom. The number of urea groups is 1. The molecule has 1 aromatic carbocycles. The topological polar surface area (TPSA) is 95.6 Å². The van der Waals surface area contributed by atoms with Gasteiger partial charge in [0.15, 0.2) is 9.84 Å². The van der Waals surface area contributed by atoms with E-state index in [1.165, 1.54) is 6.42 Å². The summed E-state index contributed by atoms with van der Waals surface area (Å²) in [6.07, 6.45) is 6.21. The van der Waals surface area contributed by atoms with Crippen LogP contribution in [0.15, 0.2) is 29.2 Å². The number of nitrogens with one attached hydrogen (secondary N) is 2. The summed E-state index contributed by atoms with van der Waals surface area (Å²) in [4.78, 5) is 27.1. The van der Waals surface area contributed by atoms with Crippen molar-refractivity contribution >= 4 is 21.8 Å². The zero-order valence-corrected chi connectivity index (χ0v) is 18.0. The van der Waals surface area contributed by atoms with Crippen LogP contribution in [0.2, 0.25) is 0 Å². The highest BCUT2D eigenvalue weighted by molar-refractivity contribution is 7.91. The van der Waals surface area contributed by atoms with Crippen LogP contribution in [-0.2, 0) is 14.6 Å². The molecule has 0 bridgehead atoms. The summed E-state index contributed by atoms with van der Waals surface area (Å²) in [7, 11) is -3.50. The first-order valence-electron chi connectivity index (χ1n) is 10.4. The van der Waals surface area contributed by atoms with Crippen molar-refractivity contribution in [3.8, 4) is 0 Å². The number of amides is 3. The largest absolute Gasteiger partial charge is 0.338 e. The maximum atomic E-state index is 12.7. The normalized spacial score (nSPS) is 21.8. The monoisotopic (exact) mass is 421 g/mol. The Labute approximate surface area is 173 Å². The maximum Gasteiger partial charge on any atom is 0.315 e. The highest BCUT2D eigenvalue weighted by atomic mass is 32.2. The van der Waals surface area contributed by atoms with Crippen LogP contribution >= 0.6 is 0 Å². The molecule has 1 aliphatic heterocycles. The van der Waals surface area contributed by atoms with Gasteiger partial charge < -0.3 is 15.5 Å². The third-order valence-electron chi connectivity index (χ3n) is 5.79. The number of carbonyl (C=O) groups excluding carboxylic acids is 2. The van der Waals surface area contributed by atoms with Crippen LogP contribution < -0.4 is 10.6 Å². The molecule has 1 aromatic rings. The lowest BCUT2D eigenvalue weighted by Gasteiger charge is -2.31. The lowest BCUT2D eigenvalue weighted by molar-refractivity contribution is -0.131. The van der Waals surface area contributed by atoms with Crippen LogP contribution in [0.5, 0.6) is 0 Å². The van der Waals surface area contributed by atoms with Gasteiger partial charge in [-0.1, -0.05) is 37.0 Å². The molecule has 0 radical (unpaired) electrons. The summed E-state index contributed by atoms with van der Waals surface area (Å²) in [5.41, 5.74) is 0.984. The fraction of sp³-hybridized carbons (Fsp3) is 0.619. The molecule has 1 heterocycles. The van der Waals surface area contributed by atoms with Crippen molar-refractivity contribution in [1.29, 1.82) is 0 Å². The summed E-state index contributed by atoms with van der Waals surface area (Å²) in [5.74, 6) is -0.219. The fourth-order valence-electron chi connectivity index (χ4n) is 4.23. The number of hydrogen-bond acceptors (Lipinski definition) is 4. The molecule has 7 nitrogen and oxygen atoms in total. The van der Waals surface area contributed by atoms with Gasteiger partial charge >= 0.3 is 6.03 Å². The number of hydrogen-bond donors (Lipinski definition) is 2. The smallest absolute Gasteiger partial charge is 0.315 e. The molecule has 1 saturated carbocycles. The van der Waals surface area contributed by atoms with Gasteiger partial charge in [-0.2, -0.15) is 0 Å². The summed E-state index contributed by atoms with van der Waals surface area (Å²) < 4.78 is 25.0. The molecule has 0 aromatic heterocycles. The standard InChI is InChI=1S/C21H31N3O4S/c1-15-8-10-18(11-9-15)29(27,28)14-16(2)22-21(26)23-19-12-13-24(20(19)25)17-6-4-3-5-7-17/h8-11,16-17,19H,3-7,12-14H2,1-2H3,(H2,22,23,26). The first-order valence-corrected chi connectivity index (χ1v) is 12.1. The first-order chi connectivity index (χ1) is 13.8. The van der Waals surface area contributed by atoms with Crippen molar-refractivity contribution < 1.29 is 18.0 Å². The molecule has 2 N–H and O–H groups in total. The minimum Gasteiger partial charge on any atom is -0.338 e. The van der Waals surface area contributed by atoms with Crippen molar-refractivity contribution in [3.63, 3.8) is 0 Å². The van der Waals surface area contributed by atoms with Crippen molar-refractivity contribution in [3.05, 3.63) is 29.8 Å². The average Bonchev–Trinajstić information content (AvgIpc) is 3.02. The van der Waals surface area contributed by atoms with Gasteiger partial charge in [-0.3, -0.25) is 4.79 Å². The SMILES string of the molecule is Cc1ccc(S(=O)(=O)CC(C)NC(=O)NC2CCN(C3CCCCC3)C2=O)cc1. The van der Waals surface area contributed by atoms with Crippen LogP contribution in [0.4, 0.5) is 4.79 Å². The molecule has 0 spiro atoms. The van der Waals surface area contributed by atoms with E-state index in [0.717, 1.165) is 31.2 Å². The Morgan fingerprint density at radius 2 is 1.79 bits per heavy atom. The van der Waals surface area contributed by atoms with Gasteiger partial charge in [0, 0.05) is 18.6 Å². The molecule has 8 heteroatoms. The third kappa shape index (κ3) is 5.50. The molecule has 2 unspecified atom stereocenters. The maximum absolute atomic E-state index is 12.7. The van der Waals surface area contributed by atoms with Crippen molar-refractivity contribution in [2.75, 3.05) is 12.3 Å². The quantitative estimate of drug-likeness (QED) is 0.737. The predicted octanol–water partition coefficient (Wildman–Crippen LogP) is 2.39. The number of aryl methyl sites for hydroxylation is 1. The summed E-state index contributed by atoms with van der Waals surface area (Å²) in [6, 6.07) is 5.35. The second-order valence-corrected chi connectivity index (χ2v) is 10.3. The lowest BCUT2D eigenvalue weighted by atomic mass is 9.94. The average molecular weight is 422 g/mol. The fourth-order valence-corrected chi connectivity index (χ4v) is 5.71. The number of carbonyl (C=O) groups is 2. The number of rotatable bonds is 6. The molecule has 2 atom stereocenters. The summed E-state index contributed by atoms with van der Waals surface area (Å²) in [6.45, 7) is 4.21. The van der Waals surface area contributed by atoms with Crippen molar-refractivity contribution in [1.82, 2.24) is 15.5 Å². The number of benzene rings is 1. The van der Waals surface area contributed by atoms with Crippen LogP contribution in [0.25, 0.3) is 0 Å². The molecule has 3 amide bonds. The van der Waals surface area contributed by atoms with Crippen LogP contribution in [0.1, 0.15) is 51.0 Å². The van der Waals surface area contributed by atoms with E-state index >= 15 is 0 Å². The molecule has 1 aliphatic carbocycles. The summed E-state index contributed by atoms with van der Waals surface area (Å²) >= 11 is 0. The zero-order chi connectivity index (χ0) is 21.0. The van der Waals surface area contributed by atoms with Gasteiger partial charge in [-0.15, -0.1) is 0 Å². The Morgan fingerprint density at radius 3 is 2.45 bits per heavy atom. The van der Waals surface area contributed by atoms with Gasteiger partial charge in [0.25, 0.3) is 0 Å². The zero-order valence-electron chi connectivity index (χ0n) is 17.2. The molecule has 3 rings (SSSR count). The summed E-state index contributed by atoms with van der Waals surface area (Å²) in [5, 5.41) is 5.38. The highest BCUT2D eigenvalue weighted by Gasteiger charge is 2.37. The predicted molar refractivity (Wildman–Crippen MR) is 111 cm³/mol. The van der Waals surface area contributed by atoms with Gasteiger partial charge in [-0.25, -0.2) is 13.2 Å². The van der Waals surface area contributed by atoms with Crippen LogP contribution in [-0.4, -0.2) is 55.7 Å². The van der Waals surface area contributed by atoms with E-state index < -0.39 is 28.0 Å². The molecular formula is C21H31N3O4S. The van der Waals surface area contributed by atoms with E-state index in [0.29, 0.717) is 19.0 Å². The second kappa shape index (κ2) is 9.15. The molecule has 1 saturated heterocycles. The van der Waals surface area contributed by atoms with Gasteiger partial charge in [0.05, 0.1) is 10.6 Å². The van der Waals surface area contributed by atoms with E-state index in [1.54, 1.807) is 31.2 Å². The van der Waals surface area contributed by atoms with Crippen molar-refractivity contribution in [2.24, 2.45) is 0 Å². The molecule has 2 aliphatic rings. The number of nitrogens with zero attached hydrogens (tertiary/aromatic N) is 1. The molecular weight excluding hydrogens is 390 g/mol. The van der Waals surface area contributed by atoms with Gasteiger partial charge in [0.2, 0.25) is 5.91 Å².